The van der Waals surface area contributed by atoms with E-state index in [4.69, 9.17) is 0 Å². The van der Waals surface area contributed by atoms with Crippen molar-refractivity contribution in [3.63, 3.8) is 0 Å². The highest BCUT2D eigenvalue weighted by molar-refractivity contribution is 4.55. The summed E-state index contributed by atoms with van der Waals surface area (Å²) in [6, 6.07) is 0.940. The predicted molar refractivity (Wildman–Crippen MR) is 62.8 cm³/mol. The maximum atomic E-state index is 2.43. The average Bonchev–Trinajstić information content (AvgIpc) is 2.20. The molecule has 0 bridgehead atoms. The van der Waals surface area contributed by atoms with Crippen LogP contribution in [0.4, 0.5) is 0 Å². The van der Waals surface area contributed by atoms with E-state index in [1.807, 2.05) is 4.90 Å². The second-order valence-electron chi connectivity index (χ2n) is 4.97. The van der Waals surface area contributed by atoms with Gasteiger partial charge in [0.25, 0.3) is 0 Å². The zero-order chi connectivity index (χ0) is 10.2. The van der Waals surface area contributed by atoms with Gasteiger partial charge in [0, 0.05) is 0 Å². The molecule has 2 unspecified atom stereocenters. The molecular formula is C13H28ClN. The monoisotopic (exact) mass is 233 g/mol. The molecule has 0 aromatic heterocycles. The minimum absolute atomic E-state index is 0. The van der Waals surface area contributed by atoms with Crippen LogP contribution in [0.2, 0.25) is 0 Å². The first-order valence-electron chi connectivity index (χ1n) is 6.69. The molecule has 1 aliphatic rings. The van der Waals surface area contributed by atoms with E-state index in [0.717, 1.165) is 6.04 Å². The van der Waals surface area contributed by atoms with Crippen molar-refractivity contribution in [2.45, 2.75) is 71.3 Å². The van der Waals surface area contributed by atoms with Gasteiger partial charge in [-0.15, -0.1) is 0 Å². The maximum absolute atomic E-state index is 2.43. The lowest BCUT2D eigenvalue weighted by Gasteiger charge is -2.30. The van der Waals surface area contributed by atoms with Crippen molar-refractivity contribution in [3.8, 4) is 0 Å². The number of nitrogens with one attached hydrogen (secondary N) is 1. The van der Waals surface area contributed by atoms with Crippen LogP contribution in [0, 0.1) is 0 Å². The van der Waals surface area contributed by atoms with Crippen LogP contribution in [0.5, 0.6) is 0 Å². The Hall–Kier alpha value is 0.250. The fourth-order valence-corrected chi connectivity index (χ4v) is 2.58. The van der Waals surface area contributed by atoms with Crippen molar-refractivity contribution < 1.29 is 17.3 Å². The molecule has 0 radical (unpaired) electrons. The van der Waals surface area contributed by atoms with Crippen LogP contribution in [0.25, 0.3) is 0 Å². The van der Waals surface area contributed by atoms with E-state index >= 15 is 0 Å². The van der Waals surface area contributed by atoms with Crippen molar-refractivity contribution in [2.24, 2.45) is 0 Å². The van der Waals surface area contributed by atoms with E-state index in [2.05, 4.69) is 13.8 Å². The molecule has 1 nitrogen and oxygen atoms in total. The summed E-state index contributed by atoms with van der Waals surface area (Å²) in [4.78, 5) is 1.88. The lowest BCUT2D eigenvalue weighted by Crippen LogP contribution is -3.16. The molecule has 1 heterocycles. The highest BCUT2D eigenvalue weighted by Gasteiger charge is 2.20. The topological polar surface area (TPSA) is 4.44 Å². The molecule has 2 atom stereocenters. The maximum Gasteiger partial charge on any atom is 0.0846 e. The lowest BCUT2D eigenvalue weighted by atomic mass is 10.0. The number of piperidine rings is 1. The van der Waals surface area contributed by atoms with Crippen LogP contribution in [-0.4, -0.2) is 19.1 Å². The van der Waals surface area contributed by atoms with Gasteiger partial charge in [0.1, 0.15) is 0 Å². The summed E-state index contributed by atoms with van der Waals surface area (Å²) in [6.07, 6.45) is 11.6. The normalized spacial score (nSPS) is 26.0. The van der Waals surface area contributed by atoms with Gasteiger partial charge in [-0.2, -0.15) is 0 Å². The highest BCUT2D eigenvalue weighted by Crippen LogP contribution is 2.04. The average molecular weight is 234 g/mol. The summed E-state index contributed by atoms with van der Waals surface area (Å²) in [5.41, 5.74) is 0. The van der Waals surface area contributed by atoms with Crippen molar-refractivity contribution in [1.82, 2.24) is 0 Å². The van der Waals surface area contributed by atoms with E-state index in [1.54, 1.807) is 0 Å². The standard InChI is InChI=1S/C13H27N.ClH/c1-3-4-5-6-8-11-14-12-9-7-10-13(14)2;/h13H,3-12H2,1-2H3;1H. The first-order valence-corrected chi connectivity index (χ1v) is 6.69. The van der Waals surface area contributed by atoms with Gasteiger partial charge in [-0.1, -0.05) is 26.2 Å². The van der Waals surface area contributed by atoms with E-state index in [0.29, 0.717) is 0 Å². The Morgan fingerprint density at radius 3 is 2.47 bits per heavy atom. The SMILES string of the molecule is CCCCCCC[NH+]1CCCCC1C.[Cl-]. The van der Waals surface area contributed by atoms with Crippen molar-refractivity contribution >= 4 is 0 Å². The van der Waals surface area contributed by atoms with Gasteiger partial charge in [-0.3, -0.25) is 0 Å². The molecule has 0 saturated carbocycles. The molecule has 1 aliphatic heterocycles. The lowest BCUT2D eigenvalue weighted by molar-refractivity contribution is -0.928. The largest absolute Gasteiger partial charge is 1.00 e. The van der Waals surface area contributed by atoms with Gasteiger partial charge in [-0.05, 0) is 39.0 Å². The minimum Gasteiger partial charge on any atom is -1.00 e. The summed E-state index contributed by atoms with van der Waals surface area (Å²) in [7, 11) is 0. The summed E-state index contributed by atoms with van der Waals surface area (Å²) in [5.74, 6) is 0. The molecule has 1 fully saturated rings. The third-order valence-corrected chi connectivity index (χ3v) is 3.68. The van der Waals surface area contributed by atoms with Crippen LogP contribution in [0.3, 0.4) is 0 Å². The van der Waals surface area contributed by atoms with Crippen LogP contribution in [-0.2, 0) is 0 Å². The molecule has 2 heteroatoms. The zero-order valence-corrected chi connectivity index (χ0v) is 11.3. The predicted octanol–water partition coefficient (Wildman–Crippen LogP) is -0.582. The Labute approximate surface area is 102 Å². The second kappa shape index (κ2) is 9.47. The van der Waals surface area contributed by atoms with E-state index < -0.39 is 0 Å². The Bertz CT molecular complexity index is 138. The van der Waals surface area contributed by atoms with Crippen LogP contribution < -0.4 is 17.3 Å². The third-order valence-electron chi connectivity index (χ3n) is 3.68. The number of unbranched alkanes of at least 4 members (excludes halogenated alkanes) is 4. The Morgan fingerprint density at radius 2 is 1.80 bits per heavy atom. The summed E-state index contributed by atoms with van der Waals surface area (Å²) in [6.45, 7) is 7.60. The highest BCUT2D eigenvalue weighted by atomic mass is 35.5. The molecular weight excluding hydrogens is 206 g/mol. The van der Waals surface area contributed by atoms with Crippen LogP contribution in [0.15, 0.2) is 0 Å². The summed E-state index contributed by atoms with van der Waals surface area (Å²) < 4.78 is 0. The Kier molecular flexibility index (Phi) is 9.63. The van der Waals surface area contributed by atoms with Crippen LogP contribution in [0.1, 0.15) is 65.2 Å². The Balaban J connectivity index is 0.00000196. The number of halogens is 1. The van der Waals surface area contributed by atoms with Crippen molar-refractivity contribution in [3.05, 3.63) is 0 Å². The fraction of sp³-hybridized carbons (Fsp3) is 1.00. The van der Waals surface area contributed by atoms with Gasteiger partial charge < -0.3 is 17.3 Å². The number of likely N-dealkylation sites (tertiary alicyclic amines) is 1. The van der Waals surface area contributed by atoms with Crippen molar-refractivity contribution in [1.29, 1.82) is 0 Å². The van der Waals surface area contributed by atoms with Gasteiger partial charge in [0.2, 0.25) is 0 Å². The molecule has 0 aromatic rings. The minimum atomic E-state index is 0. The molecule has 15 heavy (non-hydrogen) atoms. The quantitative estimate of drug-likeness (QED) is 0.586. The van der Waals surface area contributed by atoms with E-state index in [-0.39, 0.29) is 12.4 Å². The van der Waals surface area contributed by atoms with Gasteiger partial charge >= 0.3 is 0 Å². The first-order chi connectivity index (χ1) is 6.84. The summed E-state index contributed by atoms with van der Waals surface area (Å²) in [5, 5.41) is 0. The van der Waals surface area contributed by atoms with Crippen molar-refractivity contribution in [2.75, 3.05) is 13.1 Å². The first kappa shape index (κ1) is 15.2. The molecule has 1 saturated heterocycles. The molecule has 1 rings (SSSR count). The number of rotatable bonds is 6. The van der Waals surface area contributed by atoms with Crippen LogP contribution >= 0.6 is 0 Å². The number of hydrogen-bond donors (Lipinski definition) is 1. The molecule has 1 N–H and O–H groups in total. The molecule has 0 aromatic carbocycles. The summed E-state index contributed by atoms with van der Waals surface area (Å²) >= 11 is 0. The van der Waals surface area contributed by atoms with E-state index in [1.165, 1.54) is 64.5 Å². The zero-order valence-electron chi connectivity index (χ0n) is 10.5. The molecule has 0 amide bonds. The molecule has 0 spiro atoms. The van der Waals surface area contributed by atoms with Gasteiger partial charge in [-0.25, -0.2) is 0 Å². The number of hydrogen-bond acceptors (Lipinski definition) is 0. The second-order valence-corrected chi connectivity index (χ2v) is 4.97. The van der Waals surface area contributed by atoms with Gasteiger partial charge in [0.05, 0.1) is 19.1 Å². The smallest absolute Gasteiger partial charge is 0.0846 e. The Morgan fingerprint density at radius 1 is 1.07 bits per heavy atom. The molecule has 0 aliphatic carbocycles. The van der Waals surface area contributed by atoms with Gasteiger partial charge in [0.15, 0.2) is 0 Å². The fourth-order valence-electron chi connectivity index (χ4n) is 2.58. The van der Waals surface area contributed by atoms with E-state index in [9.17, 15) is 0 Å². The molecule has 92 valence electrons. The third kappa shape index (κ3) is 6.42. The number of quaternary nitrogens is 1.